The highest BCUT2D eigenvalue weighted by molar-refractivity contribution is 5.88. The number of rotatable bonds is 3. The summed E-state index contributed by atoms with van der Waals surface area (Å²) in [5.74, 6) is -0.0181. The summed E-state index contributed by atoms with van der Waals surface area (Å²) in [6.07, 6.45) is 0. The minimum atomic E-state index is -0.0181. The maximum Gasteiger partial charge on any atom is 0.221 e. The molecule has 0 atom stereocenters. The second kappa shape index (κ2) is 5.98. The summed E-state index contributed by atoms with van der Waals surface area (Å²) >= 11 is 0. The van der Waals surface area contributed by atoms with E-state index in [1.165, 1.54) is 38.7 Å². The lowest BCUT2D eigenvalue weighted by atomic mass is 10.2. The smallest absolute Gasteiger partial charge is 0.221 e. The standard InChI is InChI=1S/C14H21N3O/c1-12(18)15-14-5-3-13(4-6-14)11-17-9-7-16(2)8-10-17/h3-6H,7-11H2,1-2H3,(H,15,18)/p+2. The van der Waals surface area contributed by atoms with Crippen LogP contribution in [0, 0.1) is 0 Å². The largest absolute Gasteiger partial charge is 0.328 e. The molecule has 18 heavy (non-hydrogen) atoms. The van der Waals surface area contributed by atoms with E-state index in [0.29, 0.717) is 0 Å². The lowest BCUT2D eigenvalue weighted by Gasteiger charge is -2.27. The highest BCUT2D eigenvalue weighted by Gasteiger charge is 2.19. The second-order valence-electron chi connectivity index (χ2n) is 5.26. The third-order valence-electron chi connectivity index (χ3n) is 3.54. The summed E-state index contributed by atoms with van der Waals surface area (Å²) in [4.78, 5) is 14.2. The molecule has 1 heterocycles. The van der Waals surface area contributed by atoms with Crippen LogP contribution in [0.15, 0.2) is 24.3 Å². The molecular weight excluding hydrogens is 226 g/mol. The molecule has 2 rings (SSSR count). The van der Waals surface area contributed by atoms with Gasteiger partial charge in [0.1, 0.15) is 32.7 Å². The van der Waals surface area contributed by atoms with Crippen molar-refractivity contribution in [1.82, 2.24) is 0 Å². The number of amides is 1. The van der Waals surface area contributed by atoms with Crippen molar-refractivity contribution in [2.45, 2.75) is 13.5 Å². The van der Waals surface area contributed by atoms with Crippen molar-refractivity contribution in [2.75, 3.05) is 38.5 Å². The topological polar surface area (TPSA) is 38.0 Å². The van der Waals surface area contributed by atoms with Gasteiger partial charge in [0.25, 0.3) is 0 Å². The van der Waals surface area contributed by atoms with Gasteiger partial charge in [0.2, 0.25) is 5.91 Å². The Morgan fingerprint density at radius 3 is 2.33 bits per heavy atom. The molecule has 0 saturated carbocycles. The van der Waals surface area contributed by atoms with Gasteiger partial charge in [-0.25, -0.2) is 0 Å². The number of hydrogen-bond donors (Lipinski definition) is 3. The Morgan fingerprint density at radius 1 is 1.17 bits per heavy atom. The zero-order chi connectivity index (χ0) is 13.0. The molecule has 1 aliphatic rings. The summed E-state index contributed by atoms with van der Waals surface area (Å²) in [7, 11) is 2.26. The number of hydrogen-bond acceptors (Lipinski definition) is 1. The van der Waals surface area contributed by atoms with Crippen molar-refractivity contribution in [3.63, 3.8) is 0 Å². The van der Waals surface area contributed by atoms with Crippen LogP contribution in [-0.2, 0) is 11.3 Å². The number of anilines is 1. The molecule has 0 aliphatic carbocycles. The van der Waals surface area contributed by atoms with Crippen LogP contribution < -0.4 is 15.1 Å². The van der Waals surface area contributed by atoms with E-state index >= 15 is 0 Å². The monoisotopic (exact) mass is 249 g/mol. The number of carbonyl (C=O) groups is 1. The fourth-order valence-corrected chi connectivity index (χ4v) is 2.40. The van der Waals surface area contributed by atoms with E-state index in [2.05, 4.69) is 24.5 Å². The molecule has 1 aliphatic heterocycles. The zero-order valence-electron chi connectivity index (χ0n) is 11.3. The van der Waals surface area contributed by atoms with Crippen molar-refractivity contribution >= 4 is 11.6 Å². The van der Waals surface area contributed by atoms with E-state index in [1.54, 1.807) is 9.80 Å². The normalized spacial score (nSPS) is 23.7. The molecule has 1 amide bonds. The van der Waals surface area contributed by atoms with Gasteiger partial charge in [-0.1, -0.05) is 12.1 Å². The van der Waals surface area contributed by atoms with Gasteiger partial charge in [-0.15, -0.1) is 0 Å². The van der Waals surface area contributed by atoms with Crippen molar-refractivity contribution in [3.05, 3.63) is 29.8 Å². The summed E-state index contributed by atoms with van der Waals surface area (Å²) in [5.41, 5.74) is 2.22. The molecule has 98 valence electrons. The molecule has 1 fully saturated rings. The zero-order valence-corrected chi connectivity index (χ0v) is 11.3. The highest BCUT2D eigenvalue weighted by Crippen LogP contribution is 2.08. The third-order valence-corrected chi connectivity index (χ3v) is 3.54. The summed E-state index contributed by atoms with van der Waals surface area (Å²) in [5, 5.41) is 2.79. The lowest BCUT2D eigenvalue weighted by molar-refractivity contribution is -1.01. The van der Waals surface area contributed by atoms with Gasteiger partial charge >= 0.3 is 0 Å². The molecule has 0 aromatic heterocycles. The predicted octanol–water partition coefficient (Wildman–Crippen LogP) is -1.44. The Balaban J connectivity index is 1.88. The number of piperazine rings is 1. The van der Waals surface area contributed by atoms with Crippen LogP contribution in [0.2, 0.25) is 0 Å². The Labute approximate surface area is 109 Å². The first-order valence-corrected chi connectivity index (χ1v) is 6.65. The number of likely N-dealkylation sites (N-methyl/N-ethyl adjacent to an activating group) is 1. The molecular formula is C14H23N3O+2. The SMILES string of the molecule is CC(=O)Nc1ccc(C[NH+]2CC[NH+](C)CC2)cc1. The van der Waals surface area contributed by atoms with Crippen LogP contribution in [0.3, 0.4) is 0 Å². The van der Waals surface area contributed by atoms with Crippen LogP contribution in [0.4, 0.5) is 5.69 Å². The van der Waals surface area contributed by atoms with Crippen LogP contribution in [0.1, 0.15) is 12.5 Å². The van der Waals surface area contributed by atoms with E-state index in [1.807, 2.05) is 12.1 Å². The van der Waals surface area contributed by atoms with Gasteiger partial charge in [-0.3, -0.25) is 4.79 Å². The van der Waals surface area contributed by atoms with E-state index in [4.69, 9.17) is 0 Å². The second-order valence-corrected chi connectivity index (χ2v) is 5.26. The molecule has 1 aromatic carbocycles. The van der Waals surface area contributed by atoms with Gasteiger partial charge in [-0.2, -0.15) is 0 Å². The van der Waals surface area contributed by atoms with E-state index in [-0.39, 0.29) is 5.91 Å². The van der Waals surface area contributed by atoms with Crippen molar-refractivity contribution < 1.29 is 14.6 Å². The lowest BCUT2D eigenvalue weighted by Crippen LogP contribution is -3.26. The number of nitrogens with one attached hydrogen (secondary N) is 3. The van der Waals surface area contributed by atoms with Crippen LogP contribution >= 0.6 is 0 Å². The average molecular weight is 249 g/mol. The molecule has 1 saturated heterocycles. The molecule has 4 heteroatoms. The van der Waals surface area contributed by atoms with Crippen molar-refractivity contribution in [3.8, 4) is 0 Å². The van der Waals surface area contributed by atoms with Gasteiger partial charge < -0.3 is 15.1 Å². The number of benzene rings is 1. The molecule has 0 spiro atoms. The van der Waals surface area contributed by atoms with Gasteiger partial charge in [0.15, 0.2) is 0 Å². The predicted molar refractivity (Wildman–Crippen MR) is 71.8 cm³/mol. The molecule has 0 bridgehead atoms. The van der Waals surface area contributed by atoms with Gasteiger partial charge in [0.05, 0.1) is 7.05 Å². The maximum atomic E-state index is 10.9. The minimum Gasteiger partial charge on any atom is -0.328 e. The first kappa shape index (κ1) is 13.1. The summed E-state index contributed by atoms with van der Waals surface area (Å²) < 4.78 is 0. The first-order chi connectivity index (χ1) is 8.63. The molecule has 3 N–H and O–H groups in total. The van der Waals surface area contributed by atoms with Crippen molar-refractivity contribution in [1.29, 1.82) is 0 Å². The van der Waals surface area contributed by atoms with Crippen LogP contribution in [0.25, 0.3) is 0 Å². The van der Waals surface area contributed by atoms with E-state index in [0.717, 1.165) is 12.2 Å². The number of carbonyl (C=O) groups excluding carboxylic acids is 1. The Kier molecular flexibility index (Phi) is 4.33. The van der Waals surface area contributed by atoms with E-state index < -0.39 is 0 Å². The fraction of sp³-hybridized carbons (Fsp3) is 0.500. The molecule has 0 radical (unpaired) electrons. The summed E-state index contributed by atoms with van der Waals surface area (Å²) in [6.45, 7) is 7.65. The highest BCUT2D eigenvalue weighted by atomic mass is 16.1. The Morgan fingerprint density at radius 2 is 1.78 bits per heavy atom. The van der Waals surface area contributed by atoms with E-state index in [9.17, 15) is 4.79 Å². The average Bonchev–Trinajstić information content (AvgIpc) is 2.34. The molecule has 1 aromatic rings. The Bertz CT molecular complexity index is 394. The first-order valence-electron chi connectivity index (χ1n) is 6.65. The molecule has 4 nitrogen and oxygen atoms in total. The van der Waals surface area contributed by atoms with Crippen LogP contribution in [0.5, 0.6) is 0 Å². The minimum absolute atomic E-state index is 0.0181. The number of quaternary nitrogens is 2. The maximum absolute atomic E-state index is 10.9. The third kappa shape index (κ3) is 3.82. The van der Waals surface area contributed by atoms with Crippen molar-refractivity contribution in [2.24, 2.45) is 0 Å². The van der Waals surface area contributed by atoms with Gasteiger partial charge in [0, 0.05) is 18.2 Å². The quantitative estimate of drug-likeness (QED) is 0.603. The summed E-state index contributed by atoms with van der Waals surface area (Å²) in [6, 6.07) is 8.20. The fourth-order valence-electron chi connectivity index (χ4n) is 2.40. The Hall–Kier alpha value is -1.39. The van der Waals surface area contributed by atoms with Crippen LogP contribution in [-0.4, -0.2) is 39.1 Å². The molecule has 0 unspecified atom stereocenters. The van der Waals surface area contributed by atoms with Gasteiger partial charge in [-0.05, 0) is 12.1 Å².